The molecule has 2 bridgehead atoms. The highest BCUT2D eigenvalue weighted by molar-refractivity contribution is 6.31. The first-order valence-electron chi connectivity index (χ1n) is 9.06. The fourth-order valence-electron chi connectivity index (χ4n) is 4.65. The maximum atomic E-state index is 13.0. The summed E-state index contributed by atoms with van der Waals surface area (Å²) < 4.78 is 0. The zero-order valence-electron chi connectivity index (χ0n) is 14.6. The summed E-state index contributed by atoms with van der Waals surface area (Å²) in [6.45, 7) is 4.17. The second kappa shape index (κ2) is 5.99. The first-order chi connectivity index (χ1) is 11.9. The van der Waals surface area contributed by atoms with Crippen LogP contribution in [0, 0.1) is 0 Å². The van der Waals surface area contributed by atoms with Crippen molar-refractivity contribution in [3.8, 4) is 0 Å². The van der Waals surface area contributed by atoms with Gasteiger partial charge in [0, 0.05) is 36.3 Å². The molecule has 6 heteroatoms. The lowest BCUT2D eigenvalue weighted by Gasteiger charge is -2.58. The number of hydrogen-bond acceptors (Lipinski definition) is 3. The number of aromatic amines is 1. The summed E-state index contributed by atoms with van der Waals surface area (Å²) >= 11 is 6.08. The molecule has 1 amide bonds. The van der Waals surface area contributed by atoms with E-state index in [1.165, 1.54) is 0 Å². The Kier molecular flexibility index (Phi) is 4.04. The SMILES string of the molecule is CCC1CC2(O)CC(C2)N1C(=O)CC(C)c1c[nH]c2ncc(Cl)cc12. The molecule has 1 aliphatic carbocycles. The maximum absolute atomic E-state index is 13.0. The fourth-order valence-corrected chi connectivity index (χ4v) is 4.81. The molecule has 5 nitrogen and oxygen atoms in total. The Morgan fingerprint density at radius 2 is 2.28 bits per heavy atom. The minimum Gasteiger partial charge on any atom is -0.390 e. The van der Waals surface area contributed by atoms with E-state index in [1.54, 1.807) is 6.20 Å². The van der Waals surface area contributed by atoms with Gasteiger partial charge in [-0.05, 0) is 43.2 Å². The van der Waals surface area contributed by atoms with Crippen molar-refractivity contribution in [1.29, 1.82) is 0 Å². The number of aliphatic hydroxyl groups is 1. The highest BCUT2D eigenvalue weighted by Crippen LogP contribution is 2.47. The Labute approximate surface area is 152 Å². The van der Waals surface area contributed by atoms with Crippen molar-refractivity contribution in [2.75, 3.05) is 0 Å². The number of nitrogens with zero attached hydrogens (tertiary/aromatic N) is 2. The van der Waals surface area contributed by atoms with Gasteiger partial charge in [-0.25, -0.2) is 4.98 Å². The molecule has 2 unspecified atom stereocenters. The quantitative estimate of drug-likeness (QED) is 0.873. The second-order valence-electron chi connectivity index (χ2n) is 7.75. The number of pyridine rings is 1. The van der Waals surface area contributed by atoms with Crippen LogP contribution < -0.4 is 0 Å². The fraction of sp³-hybridized carbons (Fsp3) is 0.579. The predicted molar refractivity (Wildman–Crippen MR) is 97.6 cm³/mol. The molecule has 2 N–H and O–H groups in total. The molecule has 134 valence electrons. The van der Waals surface area contributed by atoms with E-state index in [1.807, 2.05) is 12.3 Å². The van der Waals surface area contributed by atoms with Crippen molar-refractivity contribution in [3.05, 3.63) is 29.0 Å². The Hall–Kier alpha value is -1.59. The monoisotopic (exact) mass is 361 g/mol. The standard InChI is InChI=1S/C19H24ClN3O2/c1-3-13-6-19(25)7-14(8-19)23(13)17(24)4-11(2)16-10-22-18-15(16)5-12(20)9-21-18/h5,9-11,13-14,25H,3-4,6-8H2,1-2H3,(H,21,22). The Morgan fingerprint density at radius 1 is 1.52 bits per heavy atom. The lowest BCUT2D eigenvalue weighted by atomic mass is 9.66. The molecule has 4 heterocycles. The summed E-state index contributed by atoms with van der Waals surface area (Å²) in [6, 6.07) is 2.28. The number of amides is 1. The molecule has 5 rings (SSSR count). The average Bonchev–Trinajstić information content (AvgIpc) is 2.96. The van der Waals surface area contributed by atoms with Gasteiger partial charge < -0.3 is 15.0 Å². The molecule has 0 aromatic carbocycles. The number of fused-ring (bicyclic) bond motifs is 3. The van der Waals surface area contributed by atoms with Crippen LogP contribution in [0.1, 0.15) is 57.4 Å². The normalized spacial score (nSPS) is 29.5. The van der Waals surface area contributed by atoms with Gasteiger partial charge in [-0.2, -0.15) is 0 Å². The molecular weight excluding hydrogens is 338 g/mol. The number of aromatic nitrogens is 2. The number of piperidine rings is 2. The first kappa shape index (κ1) is 16.9. The first-order valence-corrected chi connectivity index (χ1v) is 9.44. The third-order valence-electron chi connectivity index (χ3n) is 5.93. The number of rotatable bonds is 4. The van der Waals surface area contributed by atoms with Crippen LogP contribution in [0.15, 0.2) is 18.5 Å². The topological polar surface area (TPSA) is 69.2 Å². The highest BCUT2D eigenvalue weighted by Gasteiger charge is 2.54. The smallest absolute Gasteiger partial charge is 0.223 e. The van der Waals surface area contributed by atoms with Crippen molar-refractivity contribution in [2.24, 2.45) is 0 Å². The van der Waals surface area contributed by atoms with Gasteiger partial charge in [0.2, 0.25) is 5.91 Å². The highest BCUT2D eigenvalue weighted by atomic mass is 35.5. The minimum absolute atomic E-state index is 0.0832. The summed E-state index contributed by atoms with van der Waals surface area (Å²) in [5, 5.41) is 11.9. The lowest BCUT2D eigenvalue weighted by Crippen LogP contribution is -2.67. The van der Waals surface area contributed by atoms with Crippen molar-refractivity contribution in [3.63, 3.8) is 0 Å². The van der Waals surface area contributed by atoms with Crippen molar-refractivity contribution >= 4 is 28.5 Å². The molecule has 3 fully saturated rings. The third kappa shape index (κ3) is 2.83. The molecule has 2 saturated heterocycles. The van der Waals surface area contributed by atoms with E-state index in [9.17, 15) is 9.90 Å². The molecule has 2 aromatic rings. The molecular formula is C19H24ClN3O2. The third-order valence-corrected chi connectivity index (χ3v) is 6.14. The molecule has 2 atom stereocenters. The summed E-state index contributed by atoms with van der Waals surface area (Å²) in [5.74, 6) is 0.273. The zero-order valence-corrected chi connectivity index (χ0v) is 15.4. The lowest BCUT2D eigenvalue weighted by molar-refractivity contribution is -0.178. The van der Waals surface area contributed by atoms with Crippen molar-refractivity contribution in [1.82, 2.24) is 14.9 Å². The summed E-state index contributed by atoms with van der Waals surface area (Å²) in [7, 11) is 0. The summed E-state index contributed by atoms with van der Waals surface area (Å²) in [4.78, 5) is 22.5. The van der Waals surface area contributed by atoms with Gasteiger partial charge in [-0.15, -0.1) is 0 Å². The Bertz CT molecular complexity index is 812. The number of H-pyrrole nitrogens is 1. The van der Waals surface area contributed by atoms with E-state index in [0.29, 0.717) is 17.9 Å². The summed E-state index contributed by atoms with van der Waals surface area (Å²) in [5.41, 5.74) is 1.35. The van der Waals surface area contributed by atoms with E-state index in [0.717, 1.165) is 35.9 Å². The molecule has 1 saturated carbocycles. The number of carbonyl (C=O) groups is 1. The van der Waals surface area contributed by atoms with Crippen LogP contribution in [0.2, 0.25) is 5.02 Å². The van der Waals surface area contributed by atoms with Gasteiger partial charge in [0.25, 0.3) is 0 Å². The van der Waals surface area contributed by atoms with Crippen LogP contribution in [0.25, 0.3) is 11.0 Å². The van der Waals surface area contributed by atoms with E-state index in [-0.39, 0.29) is 23.9 Å². The Morgan fingerprint density at radius 3 is 3.00 bits per heavy atom. The van der Waals surface area contributed by atoms with Gasteiger partial charge >= 0.3 is 0 Å². The maximum Gasteiger partial charge on any atom is 0.223 e. The van der Waals surface area contributed by atoms with Crippen LogP contribution in [0.5, 0.6) is 0 Å². The number of hydrogen-bond donors (Lipinski definition) is 2. The van der Waals surface area contributed by atoms with Gasteiger partial charge in [0.15, 0.2) is 0 Å². The number of halogens is 1. The zero-order chi connectivity index (χ0) is 17.8. The molecule has 2 aliphatic heterocycles. The molecule has 25 heavy (non-hydrogen) atoms. The molecule has 2 aromatic heterocycles. The predicted octanol–water partition coefficient (Wildman–Crippen LogP) is 3.61. The van der Waals surface area contributed by atoms with Gasteiger partial charge in [0.05, 0.1) is 10.6 Å². The largest absolute Gasteiger partial charge is 0.390 e. The van der Waals surface area contributed by atoms with Crippen LogP contribution >= 0.6 is 11.6 Å². The van der Waals surface area contributed by atoms with Crippen LogP contribution in [0.3, 0.4) is 0 Å². The van der Waals surface area contributed by atoms with E-state index in [4.69, 9.17) is 11.6 Å². The van der Waals surface area contributed by atoms with Crippen molar-refractivity contribution < 1.29 is 9.90 Å². The minimum atomic E-state index is -0.521. The Balaban J connectivity index is 1.52. The molecule has 0 radical (unpaired) electrons. The van der Waals surface area contributed by atoms with Crippen LogP contribution in [-0.4, -0.2) is 43.6 Å². The van der Waals surface area contributed by atoms with Crippen molar-refractivity contribution in [2.45, 2.75) is 69.6 Å². The van der Waals surface area contributed by atoms with Gasteiger partial charge in [0.1, 0.15) is 5.65 Å². The number of nitrogens with one attached hydrogen (secondary N) is 1. The van der Waals surface area contributed by atoms with Gasteiger partial charge in [-0.3, -0.25) is 4.79 Å². The van der Waals surface area contributed by atoms with E-state index < -0.39 is 5.60 Å². The van der Waals surface area contributed by atoms with E-state index >= 15 is 0 Å². The van der Waals surface area contributed by atoms with Crippen LogP contribution in [-0.2, 0) is 4.79 Å². The molecule has 0 spiro atoms. The number of carbonyl (C=O) groups excluding carboxylic acids is 1. The molecule has 3 aliphatic rings. The van der Waals surface area contributed by atoms with E-state index in [2.05, 4.69) is 28.7 Å². The summed E-state index contributed by atoms with van der Waals surface area (Å²) in [6.07, 6.45) is 7.09. The van der Waals surface area contributed by atoms with Gasteiger partial charge in [-0.1, -0.05) is 25.4 Å². The second-order valence-corrected chi connectivity index (χ2v) is 8.19. The average molecular weight is 362 g/mol. The van der Waals surface area contributed by atoms with Crippen LogP contribution in [0.4, 0.5) is 0 Å².